The SMILES string of the molecule is CNc1cc(F)cc2c1Cc1nc(Cc3cnc4cccnc4c3)nc(N3C[C@H]4CCN[C@H]4C3)c1-2. The van der Waals surface area contributed by atoms with Crippen LogP contribution in [0, 0.1) is 11.7 Å². The third-order valence-electron chi connectivity index (χ3n) is 7.64. The maximum atomic E-state index is 14.6. The maximum Gasteiger partial charge on any atom is 0.140 e. The van der Waals surface area contributed by atoms with E-state index >= 15 is 0 Å². The largest absolute Gasteiger partial charge is 0.388 e. The fourth-order valence-corrected chi connectivity index (χ4v) is 5.99. The van der Waals surface area contributed by atoms with Crippen LogP contribution in [0.25, 0.3) is 22.2 Å². The molecule has 0 bridgehead atoms. The number of aromatic nitrogens is 4. The van der Waals surface area contributed by atoms with Gasteiger partial charge in [0.2, 0.25) is 0 Å². The minimum Gasteiger partial charge on any atom is -0.388 e. The van der Waals surface area contributed by atoms with Gasteiger partial charge < -0.3 is 15.5 Å². The third-order valence-corrected chi connectivity index (χ3v) is 7.64. The van der Waals surface area contributed by atoms with E-state index in [1.165, 1.54) is 6.42 Å². The van der Waals surface area contributed by atoms with Crippen LogP contribution < -0.4 is 15.5 Å². The fraction of sp³-hybridized carbons (Fsp3) is 0.333. The predicted molar refractivity (Wildman–Crippen MR) is 134 cm³/mol. The molecule has 0 saturated carbocycles. The van der Waals surface area contributed by atoms with E-state index in [0.29, 0.717) is 24.8 Å². The van der Waals surface area contributed by atoms with Crippen LogP contribution in [0.3, 0.4) is 0 Å². The van der Waals surface area contributed by atoms with Crippen LogP contribution in [0.1, 0.15) is 29.1 Å². The summed E-state index contributed by atoms with van der Waals surface area (Å²) in [6.07, 6.45) is 6.09. The Bertz CT molecular complexity index is 1460. The molecule has 0 spiro atoms. The smallest absolute Gasteiger partial charge is 0.140 e. The Hall–Kier alpha value is -3.65. The molecule has 5 heterocycles. The van der Waals surface area contributed by atoms with Crippen LogP contribution in [-0.4, -0.2) is 52.7 Å². The van der Waals surface area contributed by atoms with Crippen LogP contribution in [0.5, 0.6) is 0 Å². The van der Waals surface area contributed by atoms with Crippen molar-refractivity contribution in [2.75, 3.05) is 36.9 Å². The van der Waals surface area contributed by atoms with Crippen molar-refractivity contribution in [2.24, 2.45) is 5.92 Å². The quantitative estimate of drug-likeness (QED) is 0.418. The van der Waals surface area contributed by atoms with Crippen LogP contribution in [-0.2, 0) is 12.8 Å². The molecule has 7 nitrogen and oxygen atoms in total. The average molecular weight is 468 g/mol. The van der Waals surface area contributed by atoms with E-state index < -0.39 is 0 Å². The highest BCUT2D eigenvalue weighted by atomic mass is 19.1. The van der Waals surface area contributed by atoms with Crippen molar-refractivity contribution in [3.63, 3.8) is 0 Å². The molecule has 176 valence electrons. The molecule has 0 radical (unpaired) electrons. The van der Waals surface area contributed by atoms with Crippen LogP contribution in [0.15, 0.2) is 42.7 Å². The van der Waals surface area contributed by atoms with Gasteiger partial charge in [0.1, 0.15) is 17.5 Å². The van der Waals surface area contributed by atoms with E-state index in [1.54, 1.807) is 18.3 Å². The molecule has 1 aromatic carbocycles. The normalized spacial score (nSPS) is 20.2. The lowest BCUT2D eigenvalue weighted by atomic mass is 10.0. The molecule has 2 saturated heterocycles. The van der Waals surface area contributed by atoms with Crippen molar-refractivity contribution in [1.29, 1.82) is 0 Å². The number of fused-ring (bicyclic) bond motifs is 5. The molecule has 2 N–H and O–H groups in total. The Morgan fingerprint density at radius 2 is 2.09 bits per heavy atom. The Morgan fingerprint density at radius 3 is 2.97 bits per heavy atom. The number of rotatable bonds is 4. The Kier molecular flexibility index (Phi) is 4.70. The molecule has 3 aromatic heterocycles. The van der Waals surface area contributed by atoms with E-state index in [2.05, 4.69) is 31.6 Å². The zero-order valence-corrected chi connectivity index (χ0v) is 19.6. The fourth-order valence-electron chi connectivity index (χ4n) is 5.99. The molecule has 2 aliphatic heterocycles. The molecular formula is C27H26FN7. The number of anilines is 2. The predicted octanol–water partition coefficient (Wildman–Crippen LogP) is 3.56. The number of nitrogens with one attached hydrogen (secondary N) is 2. The Morgan fingerprint density at radius 1 is 1.14 bits per heavy atom. The van der Waals surface area contributed by atoms with Gasteiger partial charge in [0, 0.05) is 62.7 Å². The Labute approximate surface area is 202 Å². The summed E-state index contributed by atoms with van der Waals surface area (Å²) in [6, 6.07) is 9.61. The summed E-state index contributed by atoms with van der Waals surface area (Å²) in [5, 5.41) is 6.80. The molecule has 4 aromatic rings. The van der Waals surface area contributed by atoms with Crippen molar-refractivity contribution in [3.05, 3.63) is 71.2 Å². The summed E-state index contributed by atoms with van der Waals surface area (Å²) in [6.45, 7) is 2.96. The number of pyridine rings is 2. The number of hydrogen-bond acceptors (Lipinski definition) is 7. The molecular weight excluding hydrogens is 441 g/mol. The third kappa shape index (κ3) is 3.43. The van der Waals surface area contributed by atoms with Gasteiger partial charge in [-0.15, -0.1) is 0 Å². The lowest BCUT2D eigenvalue weighted by Crippen LogP contribution is -2.31. The molecule has 1 aliphatic carbocycles. The van der Waals surface area contributed by atoms with Gasteiger partial charge in [-0.25, -0.2) is 14.4 Å². The van der Waals surface area contributed by atoms with Gasteiger partial charge in [-0.1, -0.05) is 0 Å². The van der Waals surface area contributed by atoms with Gasteiger partial charge in [0.15, 0.2) is 0 Å². The lowest BCUT2D eigenvalue weighted by Gasteiger charge is -2.22. The molecule has 0 amide bonds. The van der Waals surface area contributed by atoms with E-state index in [-0.39, 0.29) is 5.82 Å². The second kappa shape index (κ2) is 7.95. The van der Waals surface area contributed by atoms with E-state index in [1.807, 2.05) is 25.4 Å². The molecule has 7 rings (SSSR count). The first-order valence-electron chi connectivity index (χ1n) is 12.2. The van der Waals surface area contributed by atoms with Crippen molar-refractivity contribution in [3.8, 4) is 11.1 Å². The number of halogens is 1. The second-order valence-corrected chi connectivity index (χ2v) is 9.77. The number of benzene rings is 1. The molecule has 8 heteroatoms. The van der Waals surface area contributed by atoms with Crippen molar-refractivity contribution < 1.29 is 4.39 Å². The highest BCUT2D eigenvalue weighted by molar-refractivity contribution is 5.88. The molecule has 3 aliphatic rings. The average Bonchev–Trinajstić information content (AvgIpc) is 3.56. The minimum absolute atomic E-state index is 0.245. The first-order valence-corrected chi connectivity index (χ1v) is 12.2. The lowest BCUT2D eigenvalue weighted by molar-refractivity contribution is 0.556. The highest BCUT2D eigenvalue weighted by Crippen LogP contribution is 2.45. The van der Waals surface area contributed by atoms with E-state index in [4.69, 9.17) is 9.97 Å². The molecule has 2 fully saturated rings. The zero-order valence-electron chi connectivity index (χ0n) is 19.6. The summed E-state index contributed by atoms with van der Waals surface area (Å²) >= 11 is 0. The van der Waals surface area contributed by atoms with Crippen LogP contribution in [0.4, 0.5) is 15.9 Å². The summed E-state index contributed by atoms with van der Waals surface area (Å²) < 4.78 is 14.6. The number of hydrogen-bond donors (Lipinski definition) is 2. The van der Waals surface area contributed by atoms with Crippen molar-refractivity contribution >= 4 is 22.5 Å². The summed E-state index contributed by atoms with van der Waals surface area (Å²) in [5.74, 6) is 2.08. The Balaban J connectivity index is 1.33. The minimum atomic E-state index is -0.245. The molecule has 35 heavy (non-hydrogen) atoms. The first-order chi connectivity index (χ1) is 17.2. The van der Waals surface area contributed by atoms with Gasteiger partial charge in [0.05, 0.1) is 16.7 Å². The molecule has 2 atom stereocenters. The monoisotopic (exact) mass is 467 g/mol. The zero-order chi connectivity index (χ0) is 23.5. The summed E-state index contributed by atoms with van der Waals surface area (Å²) in [4.78, 5) is 21.5. The van der Waals surface area contributed by atoms with Crippen LogP contribution in [0.2, 0.25) is 0 Å². The van der Waals surface area contributed by atoms with Gasteiger partial charge in [-0.05, 0) is 65.9 Å². The van der Waals surface area contributed by atoms with Crippen molar-refractivity contribution in [2.45, 2.75) is 25.3 Å². The van der Waals surface area contributed by atoms with Gasteiger partial charge >= 0.3 is 0 Å². The van der Waals surface area contributed by atoms with Gasteiger partial charge in [-0.2, -0.15) is 0 Å². The van der Waals surface area contributed by atoms with Gasteiger partial charge in [-0.3, -0.25) is 9.97 Å². The van der Waals surface area contributed by atoms with Crippen LogP contribution >= 0.6 is 0 Å². The number of nitrogens with zero attached hydrogens (tertiary/aromatic N) is 5. The maximum absolute atomic E-state index is 14.6. The first kappa shape index (κ1) is 20.7. The van der Waals surface area contributed by atoms with Crippen molar-refractivity contribution in [1.82, 2.24) is 25.3 Å². The second-order valence-electron chi connectivity index (χ2n) is 9.77. The topological polar surface area (TPSA) is 78.9 Å². The molecule has 0 unspecified atom stereocenters. The van der Waals surface area contributed by atoms with Gasteiger partial charge in [0.25, 0.3) is 0 Å². The van der Waals surface area contributed by atoms with E-state index in [9.17, 15) is 4.39 Å². The summed E-state index contributed by atoms with van der Waals surface area (Å²) in [7, 11) is 1.84. The highest BCUT2D eigenvalue weighted by Gasteiger charge is 2.39. The summed E-state index contributed by atoms with van der Waals surface area (Å²) in [5.41, 5.74) is 7.54. The standard InChI is InChI=1S/C27H26FN7/c1-29-21-10-17(28)9-19-18(21)11-23-26(19)27(35-13-16-4-6-31-24(16)14-35)34-25(33-23)8-15-7-22-20(32-12-15)3-2-5-30-22/h2-3,5,7,9-10,12,16,24,29,31H,4,6,8,11,13-14H2,1H3/t16-,24+/m1/s1. The van der Waals surface area contributed by atoms with E-state index in [0.717, 1.165) is 75.9 Å².